The fraction of sp³-hybridized carbons (Fsp3) is 0.167. The lowest BCUT2D eigenvalue weighted by atomic mass is 10.1. The summed E-state index contributed by atoms with van der Waals surface area (Å²) >= 11 is 5.94. The normalized spacial score (nSPS) is 12.9. The number of nitrogens with zero attached hydrogens (tertiary/aromatic N) is 2. The highest BCUT2D eigenvalue weighted by Gasteiger charge is 2.20. The molecule has 2 aromatic carbocycles. The molecule has 0 bridgehead atoms. The second kappa shape index (κ2) is 7.00. The van der Waals surface area contributed by atoms with Gasteiger partial charge in [-0.25, -0.2) is 18.1 Å². The third-order valence-corrected chi connectivity index (χ3v) is 5.89. The van der Waals surface area contributed by atoms with Crippen LogP contribution in [0.2, 0.25) is 5.02 Å². The summed E-state index contributed by atoms with van der Waals surface area (Å²) in [5, 5.41) is 0.392. The largest absolute Gasteiger partial charge is 0.306 e. The average molecular weight is 376 g/mol. The molecule has 0 amide bonds. The van der Waals surface area contributed by atoms with Gasteiger partial charge in [-0.2, -0.15) is 0 Å². The minimum Gasteiger partial charge on any atom is -0.306 e. The highest BCUT2D eigenvalue weighted by molar-refractivity contribution is 7.89. The molecule has 1 N–H and O–H groups in total. The molecule has 0 spiro atoms. The summed E-state index contributed by atoms with van der Waals surface area (Å²) in [4.78, 5) is 4.21. The lowest BCUT2D eigenvalue weighted by Crippen LogP contribution is -2.27. The van der Waals surface area contributed by atoms with E-state index in [1.165, 1.54) is 6.07 Å². The van der Waals surface area contributed by atoms with E-state index in [9.17, 15) is 8.42 Å². The van der Waals surface area contributed by atoms with Crippen molar-refractivity contribution in [3.8, 4) is 5.69 Å². The molecule has 1 aromatic heterocycles. The van der Waals surface area contributed by atoms with Gasteiger partial charge in [0.2, 0.25) is 10.0 Å². The number of aromatic nitrogens is 2. The van der Waals surface area contributed by atoms with Gasteiger partial charge in [0.25, 0.3) is 0 Å². The van der Waals surface area contributed by atoms with E-state index in [1.54, 1.807) is 31.6 Å². The number of rotatable bonds is 5. The van der Waals surface area contributed by atoms with Crippen LogP contribution < -0.4 is 4.72 Å². The van der Waals surface area contributed by atoms with Gasteiger partial charge in [-0.1, -0.05) is 29.8 Å². The zero-order chi connectivity index (χ0) is 18.0. The number of benzene rings is 2. The summed E-state index contributed by atoms with van der Waals surface area (Å²) in [6.07, 6.45) is 5.27. The van der Waals surface area contributed by atoms with E-state index in [1.807, 2.05) is 42.0 Å². The Morgan fingerprint density at radius 2 is 1.88 bits per heavy atom. The number of imidazole rings is 1. The Kier molecular flexibility index (Phi) is 4.94. The van der Waals surface area contributed by atoms with E-state index in [4.69, 9.17) is 11.6 Å². The van der Waals surface area contributed by atoms with Crippen LogP contribution >= 0.6 is 11.6 Å². The van der Waals surface area contributed by atoms with Gasteiger partial charge in [-0.3, -0.25) is 0 Å². The monoisotopic (exact) mass is 375 g/mol. The fourth-order valence-corrected chi connectivity index (χ4v) is 4.31. The van der Waals surface area contributed by atoms with E-state index >= 15 is 0 Å². The summed E-state index contributed by atoms with van der Waals surface area (Å²) < 4.78 is 29.9. The first kappa shape index (κ1) is 17.7. The van der Waals surface area contributed by atoms with Crippen molar-refractivity contribution in [3.63, 3.8) is 0 Å². The summed E-state index contributed by atoms with van der Waals surface area (Å²) in [6.45, 7) is 3.55. The molecule has 3 aromatic rings. The molecule has 0 fully saturated rings. The van der Waals surface area contributed by atoms with Gasteiger partial charge in [0.15, 0.2) is 0 Å². The Bertz CT molecular complexity index is 968. The second-order valence-electron chi connectivity index (χ2n) is 5.81. The molecular weight excluding hydrogens is 358 g/mol. The minimum atomic E-state index is -3.66. The van der Waals surface area contributed by atoms with Crippen molar-refractivity contribution in [3.05, 3.63) is 77.3 Å². The van der Waals surface area contributed by atoms with Crippen LogP contribution in [0.3, 0.4) is 0 Å². The minimum absolute atomic E-state index is 0.196. The van der Waals surface area contributed by atoms with Crippen molar-refractivity contribution in [2.45, 2.75) is 24.8 Å². The van der Waals surface area contributed by atoms with E-state index in [2.05, 4.69) is 9.71 Å². The number of sulfonamides is 1. The van der Waals surface area contributed by atoms with Gasteiger partial charge in [-0.15, -0.1) is 0 Å². The zero-order valence-electron chi connectivity index (χ0n) is 13.8. The Balaban J connectivity index is 1.81. The van der Waals surface area contributed by atoms with Crippen LogP contribution in [0.1, 0.15) is 24.1 Å². The number of nitrogens with one attached hydrogen (secondary N) is 1. The second-order valence-corrected chi connectivity index (χ2v) is 7.93. The highest BCUT2D eigenvalue weighted by Crippen LogP contribution is 2.23. The van der Waals surface area contributed by atoms with E-state index in [0.717, 1.165) is 11.3 Å². The first-order valence-electron chi connectivity index (χ1n) is 7.73. The predicted molar refractivity (Wildman–Crippen MR) is 98.5 cm³/mol. The van der Waals surface area contributed by atoms with Crippen molar-refractivity contribution in [2.75, 3.05) is 0 Å². The van der Waals surface area contributed by atoms with Gasteiger partial charge >= 0.3 is 0 Å². The first-order chi connectivity index (χ1) is 11.9. The quantitative estimate of drug-likeness (QED) is 0.736. The lowest BCUT2D eigenvalue weighted by molar-refractivity contribution is 0.566. The lowest BCUT2D eigenvalue weighted by Gasteiger charge is -2.16. The molecule has 5 nitrogen and oxygen atoms in total. The van der Waals surface area contributed by atoms with Crippen LogP contribution in [0.4, 0.5) is 0 Å². The Labute approximate surface area is 152 Å². The van der Waals surface area contributed by atoms with Crippen LogP contribution in [0.15, 0.2) is 66.1 Å². The van der Waals surface area contributed by atoms with E-state index < -0.39 is 10.0 Å². The maximum atomic E-state index is 12.7. The molecular formula is C18H18ClN3O2S. The van der Waals surface area contributed by atoms with Gasteiger partial charge in [0.1, 0.15) is 0 Å². The van der Waals surface area contributed by atoms with Crippen molar-refractivity contribution >= 4 is 21.6 Å². The Morgan fingerprint density at radius 1 is 1.16 bits per heavy atom. The number of aryl methyl sites for hydroxylation is 1. The van der Waals surface area contributed by atoms with Crippen LogP contribution in [0, 0.1) is 6.92 Å². The van der Waals surface area contributed by atoms with Gasteiger partial charge < -0.3 is 4.57 Å². The zero-order valence-corrected chi connectivity index (χ0v) is 15.4. The molecule has 0 aliphatic rings. The molecule has 130 valence electrons. The van der Waals surface area contributed by atoms with Crippen molar-refractivity contribution in [2.24, 2.45) is 0 Å². The first-order valence-corrected chi connectivity index (χ1v) is 9.60. The third-order valence-electron chi connectivity index (χ3n) is 3.97. The summed E-state index contributed by atoms with van der Waals surface area (Å²) in [5.41, 5.74) is 2.48. The summed E-state index contributed by atoms with van der Waals surface area (Å²) in [6, 6.07) is 12.1. The van der Waals surface area contributed by atoms with E-state index in [-0.39, 0.29) is 10.9 Å². The molecule has 0 saturated heterocycles. The number of hydrogen-bond acceptors (Lipinski definition) is 3. The number of halogens is 1. The molecule has 0 aliphatic carbocycles. The Morgan fingerprint density at radius 3 is 2.52 bits per heavy atom. The average Bonchev–Trinajstić information content (AvgIpc) is 3.11. The Hall–Kier alpha value is -2.15. The molecule has 1 atom stereocenters. The van der Waals surface area contributed by atoms with Crippen LogP contribution in [0.25, 0.3) is 5.69 Å². The molecule has 7 heteroatoms. The summed E-state index contributed by atoms with van der Waals surface area (Å²) in [7, 11) is -3.66. The number of hydrogen-bond donors (Lipinski definition) is 1. The topological polar surface area (TPSA) is 64.0 Å². The van der Waals surface area contributed by atoms with Crippen LogP contribution in [-0.2, 0) is 10.0 Å². The molecule has 1 unspecified atom stereocenters. The SMILES string of the molecule is Cc1ccc(Cl)cc1S(=O)(=O)NC(C)c1ccc(-n2ccnc2)cc1. The molecule has 0 radical (unpaired) electrons. The smallest absolute Gasteiger partial charge is 0.241 e. The predicted octanol–water partition coefficient (Wildman–Crippen LogP) is 3.87. The van der Waals surface area contributed by atoms with Gasteiger partial charge in [0.05, 0.1) is 11.2 Å². The van der Waals surface area contributed by atoms with Gasteiger partial charge in [-0.05, 0) is 49.2 Å². The van der Waals surface area contributed by atoms with Crippen molar-refractivity contribution < 1.29 is 8.42 Å². The van der Waals surface area contributed by atoms with Crippen molar-refractivity contribution in [1.82, 2.24) is 14.3 Å². The fourth-order valence-electron chi connectivity index (χ4n) is 2.57. The molecule has 3 rings (SSSR count). The van der Waals surface area contributed by atoms with Crippen molar-refractivity contribution in [1.29, 1.82) is 0 Å². The maximum Gasteiger partial charge on any atom is 0.241 e. The third kappa shape index (κ3) is 3.92. The molecule has 25 heavy (non-hydrogen) atoms. The highest BCUT2D eigenvalue weighted by atomic mass is 35.5. The van der Waals surface area contributed by atoms with E-state index in [0.29, 0.717) is 10.6 Å². The van der Waals surface area contributed by atoms with Crippen LogP contribution in [0.5, 0.6) is 0 Å². The standard InChI is InChI=1S/C18H18ClN3O2S/c1-13-3-6-16(19)11-18(13)25(23,24)21-14(2)15-4-7-17(8-5-15)22-10-9-20-12-22/h3-12,14,21H,1-2H3. The summed E-state index contributed by atoms with van der Waals surface area (Å²) in [5.74, 6) is 0. The molecule has 1 heterocycles. The molecule has 0 aliphatic heterocycles. The molecule has 0 saturated carbocycles. The van der Waals surface area contributed by atoms with Gasteiger partial charge in [0, 0.05) is 29.1 Å². The van der Waals surface area contributed by atoms with Crippen LogP contribution in [-0.4, -0.2) is 18.0 Å². The maximum absolute atomic E-state index is 12.7.